The lowest BCUT2D eigenvalue weighted by molar-refractivity contribution is 0.864. The lowest BCUT2D eigenvalue weighted by Gasteiger charge is -2.19. The second kappa shape index (κ2) is 5.85. The molecule has 0 heterocycles. The predicted octanol–water partition coefficient (Wildman–Crippen LogP) is 7.28. The molecule has 0 fully saturated rings. The van der Waals surface area contributed by atoms with Crippen LogP contribution in [0.2, 0.25) is 0 Å². The number of fused-ring (bicyclic) bond motifs is 4. The smallest absolute Gasteiger partial charge is 0.0285 e. The zero-order valence-corrected chi connectivity index (χ0v) is 15.2. The first-order chi connectivity index (χ1) is 12.7. The standard InChI is InChI=1S/C26H22/c1-17(2)21-15-20-12-11-19-8-4-6-10-23(19)26(20)25(16-21)24-14-13-18-7-3-5-9-22(18)24/h3-17,24H,1-2H3. The molecular weight excluding hydrogens is 312 g/mol. The van der Waals surface area contributed by atoms with Gasteiger partial charge in [-0.2, -0.15) is 0 Å². The van der Waals surface area contributed by atoms with Crippen molar-refractivity contribution in [2.75, 3.05) is 0 Å². The quantitative estimate of drug-likeness (QED) is 0.338. The first-order valence-corrected chi connectivity index (χ1v) is 9.45. The molecule has 0 nitrogen and oxygen atoms in total. The van der Waals surface area contributed by atoms with Crippen LogP contribution in [0.5, 0.6) is 0 Å². The molecule has 1 atom stereocenters. The van der Waals surface area contributed by atoms with Gasteiger partial charge in [-0.1, -0.05) is 98.8 Å². The summed E-state index contributed by atoms with van der Waals surface area (Å²) in [6.45, 7) is 4.56. The molecule has 0 saturated heterocycles. The predicted molar refractivity (Wildman–Crippen MR) is 113 cm³/mol. The molecule has 0 amide bonds. The van der Waals surface area contributed by atoms with Gasteiger partial charge < -0.3 is 0 Å². The minimum absolute atomic E-state index is 0.332. The van der Waals surface area contributed by atoms with E-state index >= 15 is 0 Å². The molecular formula is C26H22. The van der Waals surface area contributed by atoms with E-state index in [0.29, 0.717) is 11.8 Å². The van der Waals surface area contributed by atoms with Crippen molar-refractivity contribution in [3.05, 3.63) is 101 Å². The van der Waals surface area contributed by atoms with Gasteiger partial charge in [-0.25, -0.2) is 0 Å². The van der Waals surface area contributed by atoms with E-state index in [1.54, 1.807) is 0 Å². The van der Waals surface area contributed by atoms with Gasteiger partial charge in [0.05, 0.1) is 0 Å². The Hall–Kier alpha value is -2.86. The van der Waals surface area contributed by atoms with Crippen molar-refractivity contribution in [2.45, 2.75) is 25.7 Å². The van der Waals surface area contributed by atoms with Gasteiger partial charge in [0, 0.05) is 5.92 Å². The monoisotopic (exact) mass is 334 g/mol. The molecule has 0 heteroatoms. The number of hydrogen-bond donors (Lipinski definition) is 0. The van der Waals surface area contributed by atoms with Crippen LogP contribution in [-0.4, -0.2) is 0 Å². The highest BCUT2D eigenvalue weighted by molar-refractivity contribution is 6.10. The normalized spacial score (nSPS) is 15.9. The van der Waals surface area contributed by atoms with Gasteiger partial charge in [-0.3, -0.25) is 0 Å². The van der Waals surface area contributed by atoms with E-state index < -0.39 is 0 Å². The van der Waals surface area contributed by atoms with E-state index in [9.17, 15) is 0 Å². The molecule has 5 rings (SSSR count). The summed E-state index contributed by atoms with van der Waals surface area (Å²) in [6, 6.07) is 26.9. The average molecular weight is 334 g/mol. The van der Waals surface area contributed by atoms with Crippen molar-refractivity contribution in [1.29, 1.82) is 0 Å². The molecule has 0 aromatic heterocycles. The highest BCUT2D eigenvalue weighted by Gasteiger charge is 2.22. The van der Waals surface area contributed by atoms with Crippen LogP contribution in [-0.2, 0) is 0 Å². The second-order valence-corrected chi connectivity index (χ2v) is 7.62. The van der Waals surface area contributed by atoms with Crippen molar-refractivity contribution < 1.29 is 0 Å². The lowest BCUT2D eigenvalue weighted by atomic mass is 9.84. The minimum atomic E-state index is 0.332. The van der Waals surface area contributed by atoms with Crippen LogP contribution < -0.4 is 0 Å². The molecule has 4 aromatic rings. The fraction of sp³-hybridized carbons (Fsp3) is 0.154. The maximum Gasteiger partial charge on any atom is 0.0285 e. The second-order valence-electron chi connectivity index (χ2n) is 7.62. The first-order valence-electron chi connectivity index (χ1n) is 9.45. The Kier molecular flexibility index (Phi) is 3.46. The zero-order chi connectivity index (χ0) is 17.7. The van der Waals surface area contributed by atoms with Gasteiger partial charge in [-0.05, 0) is 49.7 Å². The van der Waals surface area contributed by atoms with Crippen LogP contribution in [0.3, 0.4) is 0 Å². The van der Waals surface area contributed by atoms with E-state index in [0.717, 1.165) is 0 Å². The first kappa shape index (κ1) is 15.4. The van der Waals surface area contributed by atoms with E-state index in [1.807, 2.05) is 0 Å². The summed E-state index contributed by atoms with van der Waals surface area (Å²) in [5.41, 5.74) is 5.62. The summed E-state index contributed by atoms with van der Waals surface area (Å²) in [4.78, 5) is 0. The fourth-order valence-electron chi connectivity index (χ4n) is 4.30. The van der Waals surface area contributed by atoms with Crippen molar-refractivity contribution in [3.8, 4) is 0 Å². The molecule has 0 saturated carbocycles. The molecule has 0 spiro atoms. The molecule has 1 aliphatic rings. The summed E-state index contributed by atoms with van der Waals surface area (Å²) in [7, 11) is 0. The fourth-order valence-corrected chi connectivity index (χ4v) is 4.30. The maximum atomic E-state index is 2.44. The summed E-state index contributed by atoms with van der Waals surface area (Å²) in [6.07, 6.45) is 4.64. The molecule has 1 unspecified atom stereocenters. The Morgan fingerprint density at radius 3 is 2.38 bits per heavy atom. The van der Waals surface area contributed by atoms with Crippen molar-refractivity contribution in [1.82, 2.24) is 0 Å². The van der Waals surface area contributed by atoms with Gasteiger partial charge in [0.25, 0.3) is 0 Å². The lowest BCUT2D eigenvalue weighted by Crippen LogP contribution is -2.00. The zero-order valence-electron chi connectivity index (χ0n) is 15.2. The van der Waals surface area contributed by atoms with Crippen LogP contribution in [0.4, 0.5) is 0 Å². The topological polar surface area (TPSA) is 0 Å². The molecule has 4 aromatic carbocycles. The minimum Gasteiger partial charge on any atom is -0.0720 e. The number of benzene rings is 4. The molecule has 26 heavy (non-hydrogen) atoms. The molecule has 1 aliphatic carbocycles. The van der Waals surface area contributed by atoms with Gasteiger partial charge in [0.1, 0.15) is 0 Å². The Morgan fingerprint density at radius 2 is 1.50 bits per heavy atom. The summed E-state index contributed by atoms with van der Waals surface area (Å²) >= 11 is 0. The van der Waals surface area contributed by atoms with Gasteiger partial charge in [0.2, 0.25) is 0 Å². The van der Waals surface area contributed by atoms with E-state index in [1.165, 1.54) is 43.8 Å². The largest absolute Gasteiger partial charge is 0.0720 e. The summed E-state index contributed by atoms with van der Waals surface area (Å²) < 4.78 is 0. The van der Waals surface area contributed by atoms with E-state index in [-0.39, 0.29) is 0 Å². The Morgan fingerprint density at radius 1 is 0.731 bits per heavy atom. The summed E-state index contributed by atoms with van der Waals surface area (Å²) in [5.74, 6) is 0.850. The highest BCUT2D eigenvalue weighted by Crippen LogP contribution is 2.41. The third-order valence-corrected chi connectivity index (χ3v) is 5.70. The van der Waals surface area contributed by atoms with Crippen molar-refractivity contribution >= 4 is 27.6 Å². The van der Waals surface area contributed by atoms with Crippen LogP contribution >= 0.6 is 0 Å². The van der Waals surface area contributed by atoms with Gasteiger partial charge in [0.15, 0.2) is 0 Å². The van der Waals surface area contributed by atoms with Crippen molar-refractivity contribution in [2.24, 2.45) is 0 Å². The Labute approximate surface area is 154 Å². The van der Waals surface area contributed by atoms with Gasteiger partial charge in [-0.15, -0.1) is 0 Å². The molecule has 0 bridgehead atoms. The molecule has 0 N–H and O–H groups in total. The average Bonchev–Trinajstić information content (AvgIpc) is 3.11. The third kappa shape index (κ3) is 2.29. The Bertz CT molecular complexity index is 1160. The highest BCUT2D eigenvalue weighted by atomic mass is 14.3. The van der Waals surface area contributed by atoms with Crippen LogP contribution in [0, 0.1) is 0 Å². The third-order valence-electron chi connectivity index (χ3n) is 5.70. The van der Waals surface area contributed by atoms with Crippen molar-refractivity contribution in [3.63, 3.8) is 0 Å². The number of hydrogen-bond acceptors (Lipinski definition) is 0. The van der Waals surface area contributed by atoms with Crippen LogP contribution in [0.1, 0.15) is 47.9 Å². The number of allylic oxidation sites excluding steroid dienone is 1. The maximum absolute atomic E-state index is 2.44. The molecule has 126 valence electrons. The summed E-state index contributed by atoms with van der Waals surface area (Å²) in [5, 5.41) is 5.42. The van der Waals surface area contributed by atoms with E-state index in [2.05, 4.69) is 98.8 Å². The number of rotatable bonds is 2. The van der Waals surface area contributed by atoms with Gasteiger partial charge >= 0.3 is 0 Å². The van der Waals surface area contributed by atoms with Crippen LogP contribution in [0.15, 0.2) is 78.9 Å². The Balaban J connectivity index is 1.88. The SMILES string of the molecule is CC(C)c1cc(C2C=Cc3ccccc32)c2c(ccc3ccccc32)c1. The van der Waals surface area contributed by atoms with E-state index in [4.69, 9.17) is 0 Å². The van der Waals surface area contributed by atoms with Crippen LogP contribution in [0.25, 0.3) is 27.6 Å². The molecule has 0 aliphatic heterocycles. The molecule has 0 radical (unpaired) electrons.